The predicted molar refractivity (Wildman–Crippen MR) is 166 cm³/mol. The molecule has 0 aromatic heterocycles. The quantitative estimate of drug-likeness (QED) is 0.272. The summed E-state index contributed by atoms with van der Waals surface area (Å²) in [6.07, 6.45) is 8.56. The Balaban J connectivity index is 0.000000578. The SMILES string of the molecule is C=C/C(=C\C=C/C)c1cc(F)ccc1C1CC(=N)C(=C(\C)N=C)/C(=N\CN)C1.CC.OCCN1CCNCC1. The second-order valence-corrected chi connectivity index (χ2v) is 8.89. The molecule has 0 amide bonds. The Morgan fingerprint density at radius 1 is 1.28 bits per heavy atom. The highest BCUT2D eigenvalue weighted by Gasteiger charge is 2.30. The van der Waals surface area contributed by atoms with Gasteiger partial charge < -0.3 is 21.6 Å². The van der Waals surface area contributed by atoms with E-state index < -0.39 is 0 Å². The number of aliphatic imine (C=N–C) groups is 2. The number of piperazine rings is 1. The van der Waals surface area contributed by atoms with Gasteiger partial charge in [-0.1, -0.05) is 50.8 Å². The Bertz CT molecular complexity index is 1060. The first-order valence-corrected chi connectivity index (χ1v) is 13.7. The molecule has 7 nitrogen and oxygen atoms in total. The fourth-order valence-electron chi connectivity index (χ4n) is 4.59. The molecular formula is C31H47FN6O. The van der Waals surface area contributed by atoms with Crippen LogP contribution in [0.3, 0.4) is 0 Å². The van der Waals surface area contributed by atoms with Crippen molar-refractivity contribution in [1.29, 1.82) is 5.41 Å². The van der Waals surface area contributed by atoms with E-state index in [1.807, 2.05) is 45.9 Å². The molecule has 1 unspecified atom stereocenters. The van der Waals surface area contributed by atoms with Crippen LogP contribution in [0, 0.1) is 11.2 Å². The van der Waals surface area contributed by atoms with E-state index in [9.17, 15) is 4.39 Å². The van der Waals surface area contributed by atoms with E-state index in [4.69, 9.17) is 16.2 Å². The van der Waals surface area contributed by atoms with Gasteiger partial charge in [-0.3, -0.25) is 14.9 Å². The van der Waals surface area contributed by atoms with Gasteiger partial charge in [-0.2, -0.15) is 0 Å². The summed E-state index contributed by atoms with van der Waals surface area (Å²) in [5.74, 6) is -0.315. The van der Waals surface area contributed by atoms with Crippen LogP contribution >= 0.6 is 0 Å². The van der Waals surface area contributed by atoms with E-state index in [0.717, 1.165) is 55.1 Å². The van der Waals surface area contributed by atoms with Crippen LogP contribution in [0.4, 0.5) is 4.39 Å². The third kappa shape index (κ3) is 10.6. The first-order chi connectivity index (χ1) is 18.9. The van der Waals surface area contributed by atoms with E-state index in [1.54, 1.807) is 12.1 Å². The van der Waals surface area contributed by atoms with Crippen LogP contribution in [0.1, 0.15) is 57.6 Å². The topological polar surface area (TPSA) is 110 Å². The number of aliphatic hydroxyl groups excluding tert-OH is 1. The summed E-state index contributed by atoms with van der Waals surface area (Å²) >= 11 is 0. The zero-order valence-corrected chi connectivity index (χ0v) is 24.1. The third-order valence-corrected chi connectivity index (χ3v) is 6.44. The second-order valence-electron chi connectivity index (χ2n) is 8.89. The van der Waals surface area contributed by atoms with Crippen molar-refractivity contribution in [3.8, 4) is 0 Å². The Hall–Kier alpha value is -3.04. The summed E-state index contributed by atoms with van der Waals surface area (Å²) < 4.78 is 14.0. The van der Waals surface area contributed by atoms with Gasteiger partial charge in [-0.25, -0.2) is 4.39 Å². The first kappa shape index (κ1) is 34.0. The molecule has 1 aromatic carbocycles. The Kier molecular flexibility index (Phi) is 16.6. The molecular weight excluding hydrogens is 491 g/mol. The van der Waals surface area contributed by atoms with E-state index >= 15 is 0 Å². The minimum atomic E-state index is -0.305. The number of nitrogens with one attached hydrogen (secondary N) is 2. The molecule has 5 N–H and O–H groups in total. The number of nitrogens with two attached hydrogens (primary N) is 1. The lowest BCUT2D eigenvalue weighted by Gasteiger charge is -2.29. The lowest BCUT2D eigenvalue weighted by molar-refractivity contribution is 0.180. The summed E-state index contributed by atoms with van der Waals surface area (Å²) in [5.41, 5.74) is 10.8. The smallest absolute Gasteiger partial charge is 0.123 e. The average molecular weight is 539 g/mol. The molecule has 39 heavy (non-hydrogen) atoms. The monoisotopic (exact) mass is 538 g/mol. The van der Waals surface area contributed by atoms with Gasteiger partial charge in [0, 0.05) is 55.4 Å². The molecule has 1 saturated carbocycles. The van der Waals surface area contributed by atoms with Crippen LogP contribution in [0.2, 0.25) is 0 Å². The zero-order valence-electron chi connectivity index (χ0n) is 24.1. The number of allylic oxidation sites excluding steroid dienone is 7. The maximum Gasteiger partial charge on any atom is 0.123 e. The predicted octanol–water partition coefficient (Wildman–Crippen LogP) is 5.11. The van der Waals surface area contributed by atoms with Crippen LogP contribution < -0.4 is 11.1 Å². The number of rotatable bonds is 8. The van der Waals surface area contributed by atoms with Crippen LogP contribution in [-0.4, -0.2) is 74.1 Å². The number of hydrogen-bond acceptors (Lipinski definition) is 7. The molecule has 3 rings (SSSR count). The van der Waals surface area contributed by atoms with Crippen molar-refractivity contribution < 1.29 is 9.50 Å². The van der Waals surface area contributed by atoms with Gasteiger partial charge in [0.15, 0.2) is 0 Å². The summed E-state index contributed by atoms with van der Waals surface area (Å²) in [7, 11) is 0. The molecule has 1 aromatic rings. The maximum absolute atomic E-state index is 14.0. The summed E-state index contributed by atoms with van der Waals surface area (Å²) in [5, 5.41) is 20.4. The largest absolute Gasteiger partial charge is 0.395 e. The van der Waals surface area contributed by atoms with E-state index in [1.165, 1.54) is 12.1 Å². The highest BCUT2D eigenvalue weighted by atomic mass is 19.1. The molecule has 1 aliphatic carbocycles. The van der Waals surface area contributed by atoms with Crippen molar-refractivity contribution in [1.82, 2.24) is 10.2 Å². The molecule has 214 valence electrons. The van der Waals surface area contributed by atoms with Gasteiger partial charge >= 0.3 is 0 Å². The molecule has 2 fully saturated rings. The van der Waals surface area contributed by atoms with Gasteiger partial charge in [-0.15, -0.1) is 0 Å². The fourth-order valence-corrected chi connectivity index (χ4v) is 4.59. The van der Waals surface area contributed by atoms with Gasteiger partial charge in [0.1, 0.15) is 5.82 Å². The van der Waals surface area contributed by atoms with Gasteiger partial charge in [0.25, 0.3) is 0 Å². The van der Waals surface area contributed by atoms with Crippen LogP contribution in [0.5, 0.6) is 0 Å². The van der Waals surface area contributed by atoms with Crippen molar-refractivity contribution in [2.24, 2.45) is 15.7 Å². The number of benzene rings is 1. The number of aliphatic hydroxyl groups is 1. The lowest BCUT2D eigenvalue weighted by atomic mass is 9.76. The molecule has 1 aliphatic heterocycles. The van der Waals surface area contributed by atoms with Crippen molar-refractivity contribution in [3.63, 3.8) is 0 Å². The molecule has 0 radical (unpaired) electrons. The maximum atomic E-state index is 14.0. The molecule has 0 bridgehead atoms. The normalized spacial score (nSPS) is 20.6. The van der Waals surface area contributed by atoms with Crippen molar-refractivity contribution in [2.45, 2.75) is 46.5 Å². The van der Waals surface area contributed by atoms with E-state index in [0.29, 0.717) is 36.4 Å². The average Bonchev–Trinajstić information content (AvgIpc) is 2.95. The van der Waals surface area contributed by atoms with E-state index in [-0.39, 0.29) is 18.4 Å². The Morgan fingerprint density at radius 2 is 1.97 bits per heavy atom. The Labute approximate surface area is 234 Å². The lowest BCUT2D eigenvalue weighted by Crippen LogP contribution is -2.44. The fraction of sp³-hybridized carbons (Fsp3) is 0.452. The first-order valence-electron chi connectivity index (χ1n) is 13.7. The molecule has 1 atom stereocenters. The molecule has 8 heteroatoms. The van der Waals surface area contributed by atoms with Crippen LogP contribution in [0.25, 0.3) is 5.57 Å². The standard InChI is InChI=1S/C23H27FN4.C6H14N2O.C2H6/c1-5-7-8-16(6-2)20-13-18(24)9-10-19(20)17-11-21(26)23(15(3)27-4)22(12-17)28-14-25;9-6-5-8-3-1-7-2-4-8;1-2/h5-10,13,17,26H,2,4,11-12,14,25H2,1,3H3;7,9H,1-6H2;1-2H3/b7-5-,16-8+,23-15-,26-21?,28-22-;;. The summed E-state index contributed by atoms with van der Waals surface area (Å²) in [6, 6.07) is 4.78. The van der Waals surface area contributed by atoms with Crippen molar-refractivity contribution in [2.75, 3.05) is 46.0 Å². The summed E-state index contributed by atoms with van der Waals surface area (Å²) in [6.45, 7) is 20.8. The number of halogens is 1. The highest BCUT2D eigenvalue weighted by Crippen LogP contribution is 2.37. The molecule has 1 heterocycles. The van der Waals surface area contributed by atoms with Gasteiger partial charge in [0.2, 0.25) is 0 Å². The van der Waals surface area contributed by atoms with Gasteiger partial charge in [-0.05, 0) is 68.2 Å². The zero-order chi connectivity index (χ0) is 29.2. The Morgan fingerprint density at radius 3 is 2.54 bits per heavy atom. The van der Waals surface area contributed by atoms with Crippen molar-refractivity contribution in [3.05, 3.63) is 77.3 Å². The number of nitrogens with zero attached hydrogens (tertiary/aromatic N) is 3. The van der Waals surface area contributed by atoms with E-state index in [2.05, 4.69) is 33.5 Å². The minimum absolute atomic E-state index is 0.0104. The molecule has 0 spiro atoms. The third-order valence-electron chi connectivity index (χ3n) is 6.44. The summed E-state index contributed by atoms with van der Waals surface area (Å²) in [4.78, 5) is 10.7. The van der Waals surface area contributed by atoms with Crippen molar-refractivity contribution >= 4 is 23.7 Å². The van der Waals surface area contributed by atoms with Crippen LogP contribution in [-0.2, 0) is 0 Å². The second kappa shape index (κ2) is 19.1. The highest BCUT2D eigenvalue weighted by molar-refractivity contribution is 6.26. The van der Waals surface area contributed by atoms with Gasteiger partial charge in [0.05, 0.1) is 13.3 Å². The molecule has 1 saturated heterocycles. The molecule has 2 aliphatic rings. The number of β-amino-alcohol motifs (C(OH)–C–C–N with tert-alkyl or cyclic N) is 1. The number of hydrogen-bond donors (Lipinski definition) is 4. The minimum Gasteiger partial charge on any atom is -0.395 e. The van der Waals surface area contributed by atoms with Crippen LogP contribution in [0.15, 0.2) is 70.3 Å².